The fourth-order valence-electron chi connectivity index (χ4n) is 0.900. The van der Waals surface area contributed by atoms with Crippen LogP contribution in [0.4, 0.5) is 13.2 Å². The van der Waals surface area contributed by atoms with Crippen LogP contribution in [0.15, 0.2) is 11.5 Å². The smallest absolute Gasteiger partial charge is 0.227 e. The monoisotopic (exact) mass is 330 g/mol. The third-order valence-electron chi connectivity index (χ3n) is 1.66. The second-order valence-corrected chi connectivity index (χ2v) is 10.7. The zero-order valence-electron chi connectivity index (χ0n) is 9.09. The second-order valence-electron chi connectivity index (χ2n) is 3.36. The van der Waals surface area contributed by atoms with Crippen LogP contribution in [-0.2, 0) is 29.5 Å². The molecule has 0 radical (unpaired) electrons. The SMILES string of the molecule is C=C(C)S(=O)(=O)C(S(C)(=O)=O)S(=O)(=O)C(F)(F)F. The van der Waals surface area contributed by atoms with Crippen LogP contribution in [0.3, 0.4) is 0 Å². The first-order valence-corrected chi connectivity index (χ1v) is 8.99. The lowest BCUT2D eigenvalue weighted by atomic mass is 10.8. The zero-order valence-corrected chi connectivity index (χ0v) is 11.5. The van der Waals surface area contributed by atoms with Gasteiger partial charge in [0.25, 0.3) is 13.8 Å². The van der Waals surface area contributed by atoms with Crippen LogP contribution in [0.25, 0.3) is 0 Å². The highest BCUT2D eigenvalue weighted by Crippen LogP contribution is 2.33. The molecule has 0 spiro atoms. The Labute approximate surface area is 102 Å². The zero-order chi connectivity index (χ0) is 15.2. The Kier molecular flexibility index (Phi) is 4.33. The summed E-state index contributed by atoms with van der Waals surface area (Å²) in [6, 6.07) is 0. The number of alkyl halides is 3. The maximum Gasteiger partial charge on any atom is 0.499 e. The number of sulfone groups is 3. The summed E-state index contributed by atoms with van der Waals surface area (Å²) in [5, 5.41) is 0. The summed E-state index contributed by atoms with van der Waals surface area (Å²) in [6.07, 6.45) is 0.0848. The van der Waals surface area contributed by atoms with Gasteiger partial charge >= 0.3 is 5.51 Å². The van der Waals surface area contributed by atoms with Crippen LogP contribution in [0.2, 0.25) is 0 Å². The van der Waals surface area contributed by atoms with E-state index in [0.717, 1.165) is 0 Å². The highest BCUT2D eigenvalue weighted by molar-refractivity contribution is 8.25. The third-order valence-corrected chi connectivity index (χ3v) is 10.1. The standard InChI is InChI=1S/C6H9F3O6S3/c1-4(2)17(12,13)5(16(3,10)11)18(14,15)6(7,8)9/h5H,1H2,2-3H3. The van der Waals surface area contributed by atoms with Gasteiger partial charge in [0.2, 0.25) is 9.84 Å². The maximum absolute atomic E-state index is 12.3. The highest BCUT2D eigenvalue weighted by Gasteiger charge is 2.60. The van der Waals surface area contributed by atoms with Crippen LogP contribution in [-0.4, -0.2) is 40.9 Å². The van der Waals surface area contributed by atoms with Gasteiger partial charge in [-0.15, -0.1) is 0 Å². The molecule has 0 aromatic rings. The van der Waals surface area contributed by atoms with E-state index in [-0.39, 0.29) is 6.26 Å². The van der Waals surface area contributed by atoms with E-state index >= 15 is 0 Å². The molecule has 0 bridgehead atoms. The van der Waals surface area contributed by atoms with Gasteiger partial charge in [-0.2, -0.15) is 13.2 Å². The molecule has 18 heavy (non-hydrogen) atoms. The highest BCUT2D eigenvalue weighted by atomic mass is 32.3. The summed E-state index contributed by atoms with van der Waals surface area (Å²) in [5.41, 5.74) is -6.01. The molecule has 6 nitrogen and oxygen atoms in total. The number of hydrogen-bond acceptors (Lipinski definition) is 6. The predicted molar refractivity (Wildman–Crippen MR) is 57.3 cm³/mol. The van der Waals surface area contributed by atoms with Crippen molar-refractivity contribution >= 4 is 29.5 Å². The molecule has 0 amide bonds. The minimum absolute atomic E-state index is 0.0848. The molecular formula is C6H9F3O6S3. The predicted octanol–water partition coefficient (Wildman–Crippen LogP) is 0.198. The Bertz CT molecular complexity index is 652. The number of rotatable bonds is 4. The van der Waals surface area contributed by atoms with E-state index in [1.807, 2.05) is 0 Å². The van der Waals surface area contributed by atoms with Crippen LogP contribution < -0.4 is 0 Å². The van der Waals surface area contributed by atoms with Gasteiger partial charge in [0, 0.05) is 11.2 Å². The van der Waals surface area contributed by atoms with E-state index in [4.69, 9.17) is 0 Å². The molecule has 0 fully saturated rings. The Hall–Kier alpha value is -0.620. The largest absolute Gasteiger partial charge is 0.499 e. The Morgan fingerprint density at radius 2 is 1.39 bits per heavy atom. The molecule has 0 aromatic heterocycles. The second kappa shape index (κ2) is 4.49. The molecule has 0 saturated heterocycles. The van der Waals surface area contributed by atoms with Crippen molar-refractivity contribution in [3.63, 3.8) is 0 Å². The van der Waals surface area contributed by atoms with Crippen LogP contribution >= 0.6 is 0 Å². The van der Waals surface area contributed by atoms with Gasteiger partial charge in [0.05, 0.1) is 0 Å². The lowest BCUT2D eigenvalue weighted by Gasteiger charge is -2.17. The van der Waals surface area contributed by atoms with Crippen molar-refractivity contribution in [1.82, 2.24) is 0 Å². The van der Waals surface area contributed by atoms with Crippen molar-refractivity contribution in [1.29, 1.82) is 0 Å². The first kappa shape index (κ1) is 17.4. The minimum Gasteiger partial charge on any atom is -0.227 e. The lowest BCUT2D eigenvalue weighted by molar-refractivity contribution is -0.0434. The van der Waals surface area contributed by atoms with Crippen molar-refractivity contribution in [2.75, 3.05) is 6.26 Å². The number of allylic oxidation sites excluding steroid dienone is 1. The molecule has 108 valence electrons. The lowest BCUT2D eigenvalue weighted by Crippen LogP contribution is -2.44. The summed E-state index contributed by atoms with van der Waals surface area (Å²) in [4.78, 5) is -0.995. The molecule has 1 unspecified atom stereocenters. The molecule has 0 rings (SSSR count). The van der Waals surface area contributed by atoms with E-state index in [2.05, 4.69) is 6.58 Å². The van der Waals surface area contributed by atoms with Crippen molar-refractivity contribution in [3.05, 3.63) is 11.5 Å². The van der Waals surface area contributed by atoms with Gasteiger partial charge in [0.15, 0.2) is 9.84 Å². The third kappa shape index (κ3) is 3.03. The van der Waals surface area contributed by atoms with E-state index in [0.29, 0.717) is 6.92 Å². The average Bonchev–Trinajstić information content (AvgIpc) is 1.96. The molecular weight excluding hydrogens is 321 g/mol. The normalized spacial score (nSPS) is 16.3. The summed E-state index contributed by atoms with van der Waals surface area (Å²) < 4.78 is 100. The average molecular weight is 330 g/mol. The topological polar surface area (TPSA) is 102 Å². The van der Waals surface area contributed by atoms with Gasteiger partial charge in [-0.1, -0.05) is 6.58 Å². The van der Waals surface area contributed by atoms with Crippen molar-refractivity contribution in [3.8, 4) is 0 Å². The number of halogens is 3. The molecule has 0 heterocycles. The summed E-state index contributed by atoms with van der Waals surface area (Å²) in [7, 11) is -16.7. The molecule has 0 aromatic carbocycles. The van der Waals surface area contributed by atoms with Gasteiger partial charge < -0.3 is 0 Å². The fraction of sp³-hybridized carbons (Fsp3) is 0.667. The van der Waals surface area contributed by atoms with Crippen molar-refractivity contribution < 1.29 is 38.4 Å². The van der Waals surface area contributed by atoms with Crippen LogP contribution in [0.1, 0.15) is 6.92 Å². The number of hydrogen-bond donors (Lipinski definition) is 0. The van der Waals surface area contributed by atoms with Gasteiger partial charge in [0.1, 0.15) is 0 Å². The van der Waals surface area contributed by atoms with Gasteiger partial charge in [-0.25, -0.2) is 25.3 Å². The summed E-state index contributed by atoms with van der Waals surface area (Å²) in [6.45, 7) is 3.47. The molecule has 0 aliphatic carbocycles. The Morgan fingerprint density at radius 3 is 1.56 bits per heavy atom. The Balaban J connectivity index is 6.50. The quantitative estimate of drug-likeness (QED) is 0.729. The summed E-state index contributed by atoms with van der Waals surface area (Å²) >= 11 is 0. The van der Waals surface area contributed by atoms with Crippen molar-refractivity contribution in [2.24, 2.45) is 0 Å². The minimum atomic E-state index is -6.44. The molecule has 1 atom stereocenters. The first-order valence-electron chi connectivity index (χ1n) is 3.94. The molecule has 12 heteroatoms. The van der Waals surface area contributed by atoms with Crippen molar-refractivity contribution in [2.45, 2.75) is 16.3 Å². The van der Waals surface area contributed by atoms with Gasteiger partial charge in [-0.05, 0) is 6.92 Å². The first-order chi connectivity index (χ1) is 7.56. The molecule has 0 aliphatic rings. The fourth-order valence-corrected chi connectivity index (χ4v) is 8.10. The van der Waals surface area contributed by atoms with Crippen LogP contribution in [0.5, 0.6) is 0 Å². The van der Waals surface area contributed by atoms with Crippen LogP contribution in [0, 0.1) is 0 Å². The summed E-state index contributed by atoms with van der Waals surface area (Å²) in [5.74, 6) is 0. The van der Waals surface area contributed by atoms with E-state index in [9.17, 15) is 38.4 Å². The van der Waals surface area contributed by atoms with Gasteiger partial charge in [-0.3, -0.25) is 0 Å². The van der Waals surface area contributed by atoms with E-state index in [1.165, 1.54) is 0 Å². The molecule has 0 N–H and O–H groups in total. The van der Waals surface area contributed by atoms with E-state index in [1.54, 1.807) is 0 Å². The maximum atomic E-state index is 12.3. The molecule has 0 aliphatic heterocycles. The van der Waals surface area contributed by atoms with E-state index < -0.39 is 43.8 Å². The molecule has 0 saturated carbocycles. The Morgan fingerprint density at radius 1 is 1.06 bits per heavy atom.